The smallest absolute Gasteiger partial charge is 0.726 e. The van der Waals surface area contributed by atoms with Crippen LogP contribution in [0.25, 0.3) is 0 Å². The minimum absolute atomic E-state index is 0. The Labute approximate surface area is 311 Å². The molecule has 76 valence electrons. The van der Waals surface area contributed by atoms with E-state index in [4.69, 9.17) is 36.5 Å². The summed E-state index contributed by atoms with van der Waals surface area (Å²) in [4.78, 5) is 0. The molecule has 0 atom stereocenters. The van der Waals surface area contributed by atoms with Gasteiger partial charge >= 0.3 is 257 Å². The van der Waals surface area contributed by atoms with Crippen LogP contribution in [-0.4, -0.2) is 25.9 Å². The molecule has 0 saturated carbocycles. The molecule has 0 rings (SSSR count). The van der Waals surface area contributed by atoms with Gasteiger partial charge in [0.1, 0.15) is 0 Å². The van der Waals surface area contributed by atoms with Crippen molar-refractivity contribution in [1.82, 2.24) is 0 Å². The molecule has 0 unspecified atom stereocenters. The predicted octanol–water partition coefficient (Wildman–Crippen LogP) is -19.5. The Balaban J connectivity index is -0.0000000182. The van der Waals surface area contributed by atoms with Crippen molar-refractivity contribution in [3.8, 4) is 0 Å². The zero-order valence-electron chi connectivity index (χ0n) is 9.90. The monoisotopic (exact) mass is 419 g/mol. The van der Waals surface area contributed by atoms with Crippen LogP contribution in [0.15, 0.2) is 0 Å². The second kappa shape index (κ2) is 26.1. The van der Waals surface area contributed by atoms with Gasteiger partial charge in [-0.2, -0.15) is 0 Å². The van der Waals surface area contributed by atoms with Crippen LogP contribution in [0.2, 0.25) is 0 Å². The first kappa shape index (κ1) is 44.4. The van der Waals surface area contributed by atoms with Crippen LogP contribution >= 0.6 is 0 Å². The minimum Gasteiger partial charge on any atom is -0.726 e. The Kier molecular flexibility index (Phi) is 68.0. The molecular formula is K5O10S2+. The Bertz CT molecular complexity index is 259. The molecule has 0 saturated heterocycles. The van der Waals surface area contributed by atoms with E-state index in [-0.39, 0.29) is 257 Å². The molecule has 0 aliphatic rings. The SMILES string of the molecule is O=S(=O)([O-])O[O-].O=S(=O)([O-])O[O-].[K+].[K+].[K+].[K+].[K+]. The molecule has 0 bridgehead atoms. The fourth-order valence-corrected chi connectivity index (χ4v) is 0. The van der Waals surface area contributed by atoms with Gasteiger partial charge < -0.3 is 28.3 Å². The number of rotatable bonds is 2. The Hall–Kier alpha value is 7.84. The van der Waals surface area contributed by atoms with E-state index in [9.17, 15) is 0 Å². The molecule has 0 aliphatic heterocycles. The predicted molar refractivity (Wildman–Crippen MR) is 21.6 cm³/mol. The summed E-state index contributed by atoms with van der Waals surface area (Å²) in [6.45, 7) is 0. The standard InChI is InChI=1S/5K.2H2O5S/c;;;;;2*1-5-6(2,3)4/h;;;;;2*1H,(H,2,3,4)/q5*+1;;/p-4. The van der Waals surface area contributed by atoms with Crippen LogP contribution in [0.4, 0.5) is 0 Å². The summed E-state index contributed by atoms with van der Waals surface area (Å²) in [6.07, 6.45) is 0. The number of hydrogen-bond acceptors (Lipinski definition) is 10. The van der Waals surface area contributed by atoms with E-state index in [0.717, 1.165) is 0 Å². The third-order valence-corrected chi connectivity index (χ3v) is 0.500. The van der Waals surface area contributed by atoms with Crippen molar-refractivity contribution in [2.75, 3.05) is 0 Å². The van der Waals surface area contributed by atoms with E-state index < -0.39 is 20.8 Å². The van der Waals surface area contributed by atoms with Crippen molar-refractivity contribution in [3.05, 3.63) is 0 Å². The summed E-state index contributed by atoms with van der Waals surface area (Å²) in [5.74, 6) is 0. The van der Waals surface area contributed by atoms with Gasteiger partial charge in [-0.3, -0.25) is 0 Å². The maximum atomic E-state index is 8.91. The molecule has 0 N–H and O–H groups in total. The molecule has 10 nitrogen and oxygen atoms in total. The number of hydrogen-bond donors (Lipinski definition) is 0. The van der Waals surface area contributed by atoms with Gasteiger partial charge in [-0.15, -0.1) is 0 Å². The van der Waals surface area contributed by atoms with Gasteiger partial charge in [0.25, 0.3) is 0 Å². The van der Waals surface area contributed by atoms with Crippen LogP contribution in [0.1, 0.15) is 0 Å². The summed E-state index contributed by atoms with van der Waals surface area (Å²) in [6, 6.07) is 0. The zero-order valence-corrected chi connectivity index (χ0v) is 27.1. The Morgan fingerprint density at radius 2 is 0.647 bits per heavy atom. The quantitative estimate of drug-likeness (QED) is 0.137. The fourth-order valence-electron chi connectivity index (χ4n) is 0. The largest absolute Gasteiger partial charge is 1.00 e. The maximum Gasteiger partial charge on any atom is 1.00 e. The first-order valence-electron chi connectivity index (χ1n) is 1.67. The van der Waals surface area contributed by atoms with Crippen molar-refractivity contribution in [3.63, 3.8) is 0 Å². The minimum atomic E-state index is -4.97. The summed E-state index contributed by atoms with van der Waals surface area (Å²) in [5, 5.41) is 17.1. The van der Waals surface area contributed by atoms with Crippen molar-refractivity contribution in [1.29, 1.82) is 0 Å². The molecule has 0 spiro atoms. The van der Waals surface area contributed by atoms with Gasteiger partial charge in [-0.25, -0.2) is 16.8 Å². The van der Waals surface area contributed by atoms with E-state index >= 15 is 0 Å². The summed E-state index contributed by atoms with van der Waals surface area (Å²) in [7, 11) is -9.94. The van der Waals surface area contributed by atoms with Gasteiger partial charge in [0.05, 0.1) is 0 Å². The van der Waals surface area contributed by atoms with Gasteiger partial charge in [0.2, 0.25) is 20.8 Å². The average molecular weight is 420 g/mol. The first-order valence-corrected chi connectivity index (χ1v) is 4.33. The molecule has 0 aromatic heterocycles. The molecule has 17 heteroatoms. The van der Waals surface area contributed by atoms with Gasteiger partial charge in [-0.1, -0.05) is 0 Å². The summed E-state index contributed by atoms with van der Waals surface area (Å²) in [5.41, 5.74) is 0. The molecule has 0 heterocycles. The van der Waals surface area contributed by atoms with Crippen LogP contribution in [0.3, 0.4) is 0 Å². The average Bonchev–Trinajstić information content (AvgIpc) is 1.86. The maximum absolute atomic E-state index is 8.91. The van der Waals surface area contributed by atoms with Crippen molar-refractivity contribution in [2.45, 2.75) is 0 Å². The van der Waals surface area contributed by atoms with Crippen LogP contribution < -0.4 is 267 Å². The Morgan fingerprint density at radius 3 is 0.647 bits per heavy atom. The van der Waals surface area contributed by atoms with Crippen LogP contribution in [-0.2, 0) is 29.5 Å². The molecule has 0 aliphatic carbocycles. The molecular weight excluding hydrogens is 420 g/mol. The molecule has 17 heavy (non-hydrogen) atoms. The summed E-state index contributed by atoms with van der Waals surface area (Å²) < 4.78 is 57.7. The first-order chi connectivity index (χ1) is 5.12. The van der Waals surface area contributed by atoms with Crippen LogP contribution in [0, 0.1) is 0 Å². The molecule has 0 aromatic rings. The topological polar surface area (TPSA) is 179 Å². The van der Waals surface area contributed by atoms with Gasteiger partial charge in [0.15, 0.2) is 0 Å². The zero-order chi connectivity index (χ0) is 10.4. The van der Waals surface area contributed by atoms with E-state index in [2.05, 4.69) is 8.67 Å². The fraction of sp³-hybridized carbons (Fsp3) is 0. The van der Waals surface area contributed by atoms with E-state index in [1.807, 2.05) is 0 Å². The Morgan fingerprint density at radius 1 is 0.588 bits per heavy atom. The molecule has 0 amide bonds. The third-order valence-electron chi connectivity index (χ3n) is 0.167. The molecule has 0 aromatic carbocycles. The van der Waals surface area contributed by atoms with E-state index in [0.29, 0.717) is 0 Å². The van der Waals surface area contributed by atoms with Crippen LogP contribution in [0.5, 0.6) is 0 Å². The van der Waals surface area contributed by atoms with Crippen molar-refractivity contribution >= 4 is 20.8 Å². The summed E-state index contributed by atoms with van der Waals surface area (Å²) >= 11 is 0. The van der Waals surface area contributed by atoms with Gasteiger partial charge in [-0.05, 0) is 0 Å². The second-order valence-electron chi connectivity index (χ2n) is 0.953. The molecule has 0 fully saturated rings. The van der Waals surface area contributed by atoms with Crippen molar-refractivity contribution < 1.29 is 302 Å². The normalized spacial score (nSPS) is 8.24. The van der Waals surface area contributed by atoms with Gasteiger partial charge in [0, 0.05) is 0 Å². The van der Waals surface area contributed by atoms with Crippen molar-refractivity contribution in [2.24, 2.45) is 0 Å². The van der Waals surface area contributed by atoms with E-state index in [1.165, 1.54) is 0 Å². The molecule has 0 radical (unpaired) electrons. The third kappa shape index (κ3) is 59.4. The van der Waals surface area contributed by atoms with E-state index in [1.54, 1.807) is 0 Å². The second-order valence-corrected chi connectivity index (χ2v) is 2.86.